The Balaban J connectivity index is 2.00. The monoisotopic (exact) mass is 297 g/mol. The molecule has 102 valence electrons. The molecule has 0 radical (unpaired) electrons. The third kappa shape index (κ3) is 3.99. The van der Waals surface area contributed by atoms with Crippen LogP contribution in [0.15, 0.2) is 24.3 Å². The Hall–Kier alpha value is -0.990. The number of piperidine rings is 1. The number of nitrogens with zero attached hydrogens (tertiary/aromatic N) is 1. The standard InChI is InChI=1S/C15H17Cl2NO/c1-11-6-8-18(9-7-11)15(19)5-3-12-2-4-13(16)10-14(12)17/h2-5,10-11H,6-9H2,1H3/b5-3+. The first-order valence-electron chi connectivity index (χ1n) is 6.48. The molecule has 0 aromatic heterocycles. The van der Waals surface area contributed by atoms with Gasteiger partial charge >= 0.3 is 0 Å². The smallest absolute Gasteiger partial charge is 0.246 e. The molecule has 1 aromatic carbocycles. The lowest BCUT2D eigenvalue weighted by atomic mass is 9.99. The Morgan fingerprint density at radius 2 is 2.00 bits per heavy atom. The van der Waals surface area contributed by atoms with Crippen molar-refractivity contribution in [3.8, 4) is 0 Å². The van der Waals surface area contributed by atoms with Crippen molar-refractivity contribution in [2.75, 3.05) is 13.1 Å². The van der Waals surface area contributed by atoms with Crippen molar-refractivity contribution >= 4 is 35.2 Å². The molecule has 0 bridgehead atoms. The number of hydrogen-bond donors (Lipinski definition) is 0. The fourth-order valence-corrected chi connectivity index (χ4v) is 2.60. The van der Waals surface area contributed by atoms with Crippen LogP contribution in [0.4, 0.5) is 0 Å². The summed E-state index contributed by atoms with van der Waals surface area (Å²) in [5.74, 6) is 0.775. The van der Waals surface area contributed by atoms with Crippen LogP contribution >= 0.6 is 23.2 Å². The highest BCUT2D eigenvalue weighted by Gasteiger charge is 2.18. The van der Waals surface area contributed by atoms with Crippen molar-refractivity contribution in [3.05, 3.63) is 39.9 Å². The van der Waals surface area contributed by atoms with Crippen molar-refractivity contribution in [1.82, 2.24) is 4.90 Å². The molecule has 0 aliphatic carbocycles. The summed E-state index contributed by atoms with van der Waals surface area (Å²) in [6.07, 6.45) is 5.51. The minimum atomic E-state index is 0.0536. The second-order valence-corrected chi connectivity index (χ2v) is 5.85. The molecule has 1 aromatic rings. The van der Waals surface area contributed by atoms with E-state index < -0.39 is 0 Å². The summed E-state index contributed by atoms with van der Waals surface area (Å²) >= 11 is 11.9. The van der Waals surface area contributed by atoms with Gasteiger partial charge < -0.3 is 4.90 Å². The third-order valence-corrected chi connectivity index (χ3v) is 4.03. The van der Waals surface area contributed by atoms with Crippen LogP contribution in [0.5, 0.6) is 0 Å². The van der Waals surface area contributed by atoms with E-state index in [9.17, 15) is 4.79 Å². The summed E-state index contributed by atoms with van der Waals surface area (Å²) < 4.78 is 0. The van der Waals surface area contributed by atoms with Crippen molar-refractivity contribution in [3.63, 3.8) is 0 Å². The Bertz CT molecular complexity index is 491. The number of amides is 1. The topological polar surface area (TPSA) is 20.3 Å². The molecule has 1 aliphatic rings. The van der Waals surface area contributed by atoms with Gasteiger partial charge in [-0.25, -0.2) is 0 Å². The van der Waals surface area contributed by atoms with Gasteiger partial charge in [-0.15, -0.1) is 0 Å². The summed E-state index contributed by atoms with van der Waals surface area (Å²) in [7, 11) is 0. The van der Waals surface area contributed by atoms with Gasteiger partial charge in [0, 0.05) is 29.2 Å². The third-order valence-electron chi connectivity index (χ3n) is 3.46. The highest BCUT2D eigenvalue weighted by atomic mass is 35.5. The van der Waals surface area contributed by atoms with Gasteiger partial charge in [-0.3, -0.25) is 4.79 Å². The van der Waals surface area contributed by atoms with Crippen molar-refractivity contribution in [2.45, 2.75) is 19.8 Å². The number of likely N-dealkylation sites (tertiary alicyclic amines) is 1. The minimum Gasteiger partial charge on any atom is -0.339 e. The summed E-state index contributed by atoms with van der Waals surface area (Å²) in [6, 6.07) is 5.25. The Morgan fingerprint density at radius 3 is 2.63 bits per heavy atom. The average Bonchev–Trinajstić information content (AvgIpc) is 2.38. The van der Waals surface area contributed by atoms with E-state index in [0.717, 1.165) is 37.4 Å². The van der Waals surface area contributed by atoms with E-state index in [1.165, 1.54) is 0 Å². The Kier molecular flexibility index (Phi) is 4.89. The van der Waals surface area contributed by atoms with Crippen LogP contribution in [0.1, 0.15) is 25.3 Å². The quantitative estimate of drug-likeness (QED) is 0.747. The van der Waals surface area contributed by atoms with Crippen molar-refractivity contribution in [1.29, 1.82) is 0 Å². The SMILES string of the molecule is CC1CCN(C(=O)/C=C/c2ccc(Cl)cc2Cl)CC1. The number of halogens is 2. The Morgan fingerprint density at radius 1 is 1.32 bits per heavy atom. The first-order valence-corrected chi connectivity index (χ1v) is 7.24. The van der Waals surface area contributed by atoms with E-state index >= 15 is 0 Å². The van der Waals surface area contributed by atoms with Gasteiger partial charge in [0.1, 0.15) is 0 Å². The first kappa shape index (κ1) is 14.4. The number of carbonyl (C=O) groups is 1. The predicted octanol–water partition coefficient (Wildman–Crippen LogP) is 4.27. The predicted molar refractivity (Wildman–Crippen MR) is 80.5 cm³/mol. The lowest BCUT2D eigenvalue weighted by Crippen LogP contribution is -2.36. The fraction of sp³-hybridized carbons (Fsp3) is 0.400. The van der Waals surface area contributed by atoms with Crippen LogP contribution in [-0.4, -0.2) is 23.9 Å². The van der Waals surface area contributed by atoms with Crippen LogP contribution in [-0.2, 0) is 4.79 Å². The summed E-state index contributed by atoms with van der Waals surface area (Å²) in [5.41, 5.74) is 0.810. The minimum absolute atomic E-state index is 0.0536. The molecule has 1 heterocycles. The molecule has 1 aliphatic heterocycles. The van der Waals surface area contributed by atoms with Gasteiger partial charge in [0.05, 0.1) is 0 Å². The molecular formula is C15H17Cl2NO. The Labute approximate surface area is 124 Å². The molecule has 1 amide bonds. The van der Waals surface area contributed by atoms with E-state index in [0.29, 0.717) is 10.0 Å². The normalized spacial score (nSPS) is 17.1. The molecule has 2 rings (SSSR count). The van der Waals surface area contributed by atoms with Crippen LogP contribution in [0.2, 0.25) is 10.0 Å². The molecule has 19 heavy (non-hydrogen) atoms. The lowest BCUT2D eigenvalue weighted by Gasteiger charge is -2.29. The van der Waals surface area contributed by atoms with Gasteiger partial charge in [0.15, 0.2) is 0 Å². The number of rotatable bonds is 2. The summed E-state index contributed by atoms with van der Waals surface area (Å²) in [6.45, 7) is 3.92. The largest absolute Gasteiger partial charge is 0.339 e. The fourth-order valence-electron chi connectivity index (χ4n) is 2.13. The van der Waals surface area contributed by atoms with Crippen LogP contribution < -0.4 is 0 Å². The first-order chi connectivity index (χ1) is 9.06. The number of carbonyl (C=O) groups excluding carboxylic acids is 1. The zero-order valence-corrected chi connectivity index (χ0v) is 12.4. The van der Waals surface area contributed by atoms with E-state index in [4.69, 9.17) is 23.2 Å². The van der Waals surface area contributed by atoms with E-state index in [-0.39, 0.29) is 5.91 Å². The van der Waals surface area contributed by atoms with Crippen LogP contribution in [0.25, 0.3) is 6.08 Å². The highest BCUT2D eigenvalue weighted by Crippen LogP contribution is 2.22. The molecule has 0 unspecified atom stereocenters. The van der Waals surface area contributed by atoms with Crippen LogP contribution in [0.3, 0.4) is 0 Å². The summed E-state index contributed by atoms with van der Waals surface area (Å²) in [5, 5.41) is 1.15. The van der Waals surface area contributed by atoms with Crippen molar-refractivity contribution in [2.24, 2.45) is 5.92 Å². The molecule has 0 N–H and O–H groups in total. The second kappa shape index (κ2) is 6.44. The molecule has 1 saturated heterocycles. The maximum Gasteiger partial charge on any atom is 0.246 e. The van der Waals surface area contributed by atoms with Crippen LogP contribution in [0, 0.1) is 5.92 Å². The maximum atomic E-state index is 12.0. The zero-order chi connectivity index (χ0) is 13.8. The van der Waals surface area contributed by atoms with E-state index in [2.05, 4.69) is 6.92 Å². The molecule has 4 heteroatoms. The van der Waals surface area contributed by atoms with Gasteiger partial charge in [-0.2, -0.15) is 0 Å². The van der Waals surface area contributed by atoms with E-state index in [1.54, 1.807) is 24.3 Å². The number of benzene rings is 1. The number of hydrogen-bond acceptors (Lipinski definition) is 1. The summed E-state index contributed by atoms with van der Waals surface area (Å²) in [4.78, 5) is 13.9. The van der Waals surface area contributed by atoms with Gasteiger partial charge in [-0.1, -0.05) is 36.2 Å². The molecule has 1 fully saturated rings. The van der Waals surface area contributed by atoms with Gasteiger partial charge in [0.25, 0.3) is 0 Å². The molecular weight excluding hydrogens is 281 g/mol. The van der Waals surface area contributed by atoms with Crippen molar-refractivity contribution < 1.29 is 4.79 Å². The molecule has 2 nitrogen and oxygen atoms in total. The second-order valence-electron chi connectivity index (χ2n) is 5.01. The molecule has 0 spiro atoms. The lowest BCUT2D eigenvalue weighted by molar-refractivity contribution is -0.127. The highest BCUT2D eigenvalue weighted by molar-refractivity contribution is 6.35. The zero-order valence-electron chi connectivity index (χ0n) is 10.9. The maximum absolute atomic E-state index is 12.0. The average molecular weight is 298 g/mol. The van der Waals surface area contributed by atoms with Gasteiger partial charge in [-0.05, 0) is 42.5 Å². The molecule has 0 saturated carbocycles. The molecule has 0 atom stereocenters. The van der Waals surface area contributed by atoms with Gasteiger partial charge in [0.2, 0.25) is 5.91 Å². The van der Waals surface area contributed by atoms with E-state index in [1.807, 2.05) is 11.0 Å².